The van der Waals surface area contributed by atoms with E-state index in [1.807, 2.05) is 10.1 Å². The van der Waals surface area contributed by atoms with Gasteiger partial charge < -0.3 is 4.74 Å². The van der Waals surface area contributed by atoms with Crippen molar-refractivity contribution in [1.82, 2.24) is 9.78 Å². The van der Waals surface area contributed by atoms with Gasteiger partial charge in [-0.15, -0.1) is 0 Å². The molecule has 2 aromatic rings. The van der Waals surface area contributed by atoms with Crippen LogP contribution in [0.1, 0.15) is 27.8 Å². The molecule has 2 aromatic heterocycles. The zero-order chi connectivity index (χ0) is 11.0. The molecule has 3 rings (SSSR count). The van der Waals surface area contributed by atoms with E-state index in [0.29, 0.717) is 18.8 Å². The quantitative estimate of drug-likeness (QED) is 0.747. The highest BCUT2D eigenvalue weighted by Gasteiger charge is 2.22. The van der Waals surface area contributed by atoms with Crippen LogP contribution < -0.4 is 0 Å². The lowest BCUT2D eigenvalue weighted by atomic mass is 10.2. The fourth-order valence-corrected chi connectivity index (χ4v) is 2.57. The molecular formula is C11H10N2O2S. The molecule has 0 bridgehead atoms. The van der Waals surface area contributed by atoms with Crippen LogP contribution >= 0.6 is 11.3 Å². The number of carbonyl (C=O) groups is 1. The minimum atomic E-state index is 0.0538. The molecule has 0 radical (unpaired) electrons. The molecule has 1 unspecified atom stereocenters. The number of carbonyl (C=O) groups excluding carboxylic acids is 1. The van der Waals surface area contributed by atoms with Crippen LogP contribution in [0.5, 0.6) is 0 Å². The molecule has 16 heavy (non-hydrogen) atoms. The van der Waals surface area contributed by atoms with Crippen molar-refractivity contribution in [1.29, 1.82) is 0 Å². The predicted octanol–water partition coefficient (Wildman–Crippen LogP) is 2.03. The smallest absolute Gasteiger partial charge is 0.170 e. The van der Waals surface area contributed by atoms with Crippen LogP contribution in [0, 0.1) is 0 Å². The van der Waals surface area contributed by atoms with Gasteiger partial charge in [0.1, 0.15) is 11.8 Å². The van der Waals surface area contributed by atoms with Crippen LogP contribution in [0.2, 0.25) is 0 Å². The summed E-state index contributed by atoms with van der Waals surface area (Å²) in [4.78, 5) is 10.6. The van der Waals surface area contributed by atoms with Gasteiger partial charge in [0, 0.05) is 0 Å². The molecule has 0 aliphatic carbocycles. The number of thiophene rings is 1. The molecule has 0 saturated heterocycles. The lowest BCUT2D eigenvalue weighted by Gasteiger charge is -2.23. The van der Waals surface area contributed by atoms with E-state index in [9.17, 15) is 4.79 Å². The topological polar surface area (TPSA) is 44.1 Å². The number of hydrogen-bond acceptors (Lipinski definition) is 4. The Bertz CT molecular complexity index is 504. The van der Waals surface area contributed by atoms with Crippen molar-refractivity contribution in [3.05, 3.63) is 39.8 Å². The number of aromatic nitrogens is 2. The molecule has 82 valence electrons. The lowest BCUT2D eigenvalue weighted by molar-refractivity contribution is -0.000928. The third-order valence-electron chi connectivity index (χ3n) is 2.69. The zero-order valence-electron chi connectivity index (χ0n) is 8.50. The first-order valence-electron chi connectivity index (χ1n) is 5.02. The fourth-order valence-electron chi connectivity index (χ4n) is 1.87. The molecule has 5 heteroatoms. The summed E-state index contributed by atoms with van der Waals surface area (Å²) in [7, 11) is 0. The molecule has 0 N–H and O–H groups in total. The normalized spacial score (nSPS) is 19.4. The van der Waals surface area contributed by atoms with Gasteiger partial charge in [0.05, 0.1) is 18.8 Å². The van der Waals surface area contributed by atoms with Gasteiger partial charge >= 0.3 is 0 Å². The van der Waals surface area contributed by atoms with E-state index < -0.39 is 0 Å². The summed E-state index contributed by atoms with van der Waals surface area (Å²) >= 11 is 1.66. The molecular weight excluding hydrogens is 224 g/mol. The molecule has 1 aliphatic rings. The minimum absolute atomic E-state index is 0.0538. The van der Waals surface area contributed by atoms with Crippen molar-refractivity contribution in [2.24, 2.45) is 0 Å². The molecule has 4 nitrogen and oxygen atoms in total. The average molecular weight is 234 g/mol. The molecule has 0 saturated carbocycles. The number of fused-ring (bicyclic) bond motifs is 1. The molecule has 1 aliphatic heterocycles. The Hall–Kier alpha value is -1.46. The van der Waals surface area contributed by atoms with Crippen molar-refractivity contribution in [3.63, 3.8) is 0 Å². The summed E-state index contributed by atoms with van der Waals surface area (Å²) in [5, 5.41) is 8.32. The highest BCUT2D eigenvalue weighted by molar-refractivity contribution is 7.07. The summed E-state index contributed by atoms with van der Waals surface area (Å²) in [6.45, 7) is 1.20. The summed E-state index contributed by atoms with van der Waals surface area (Å²) in [5.74, 6) is 0. The Morgan fingerprint density at radius 2 is 2.56 bits per heavy atom. The summed E-state index contributed by atoms with van der Waals surface area (Å²) in [6, 6.07) is 3.83. The van der Waals surface area contributed by atoms with Crippen LogP contribution in [-0.2, 0) is 17.9 Å². The summed E-state index contributed by atoms with van der Waals surface area (Å²) in [5.41, 5.74) is 2.62. The second kappa shape index (κ2) is 3.84. The van der Waals surface area contributed by atoms with Gasteiger partial charge in [-0.05, 0) is 28.5 Å². The van der Waals surface area contributed by atoms with Gasteiger partial charge in [-0.25, -0.2) is 0 Å². The Balaban J connectivity index is 1.88. The van der Waals surface area contributed by atoms with Gasteiger partial charge in [0.15, 0.2) is 6.29 Å². The molecule has 0 fully saturated rings. The van der Waals surface area contributed by atoms with E-state index in [0.717, 1.165) is 12.0 Å². The summed E-state index contributed by atoms with van der Waals surface area (Å²) in [6.07, 6.45) is 0.823. The number of rotatable bonds is 2. The third kappa shape index (κ3) is 1.58. The fraction of sp³-hybridized carbons (Fsp3) is 0.273. The zero-order valence-corrected chi connectivity index (χ0v) is 9.31. The van der Waals surface area contributed by atoms with Crippen molar-refractivity contribution in [3.8, 4) is 0 Å². The predicted molar refractivity (Wildman–Crippen MR) is 59.5 cm³/mol. The van der Waals surface area contributed by atoms with Crippen LogP contribution in [0.3, 0.4) is 0 Å². The Labute approximate surface area is 96.5 Å². The van der Waals surface area contributed by atoms with Crippen molar-refractivity contribution < 1.29 is 9.53 Å². The third-order valence-corrected chi connectivity index (χ3v) is 3.39. The SMILES string of the molecule is O=Cc1cc2n(n1)CC(c1ccsc1)OC2. The highest BCUT2D eigenvalue weighted by Crippen LogP contribution is 2.27. The van der Waals surface area contributed by atoms with E-state index in [2.05, 4.69) is 16.5 Å². The van der Waals surface area contributed by atoms with Crippen LogP contribution in [0.25, 0.3) is 0 Å². The first-order chi connectivity index (χ1) is 7.86. The van der Waals surface area contributed by atoms with E-state index in [1.165, 1.54) is 5.56 Å². The Kier molecular flexibility index (Phi) is 2.34. The van der Waals surface area contributed by atoms with Crippen LogP contribution in [0.4, 0.5) is 0 Å². The van der Waals surface area contributed by atoms with E-state index in [1.54, 1.807) is 17.4 Å². The van der Waals surface area contributed by atoms with Gasteiger partial charge in [-0.3, -0.25) is 9.48 Å². The van der Waals surface area contributed by atoms with E-state index in [4.69, 9.17) is 4.74 Å². The number of aldehydes is 1. The van der Waals surface area contributed by atoms with Crippen molar-refractivity contribution >= 4 is 17.6 Å². The molecule has 0 amide bonds. The van der Waals surface area contributed by atoms with Gasteiger partial charge in [0.2, 0.25) is 0 Å². The lowest BCUT2D eigenvalue weighted by Crippen LogP contribution is -2.21. The number of hydrogen-bond donors (Lipinski definition) is 0. The van der Waals surface area contributed by atoms with Gasteiger partial charge in [-0.1, -0.05) is 0 Å². The van der Waals surface area contributed by atoms with E-state index in [-0.39, 0.29) is 6.10 Å². The van der Waals surface area contributed by atoms with Crippen molar-refractivity contribution in [2.45, 2.75) is 19.3 Å². The average Bonchev–Trinajstić information content (AvgIpc) is 2.96. The maximum Gasteiger partial charge on any atom is 0.170 e. The summed E-state index contributed by atoms with van der Waals surface area (Å²) < 4.78 is 7.59. The monoisotopic (exact) mass is 234 g/mol. The second-order valence-corrected chi connectivity index (χ2v) is 4.50. The number of nitrogens with zero attached hydrogens (tertiary/aromatic N) is 2. The Morgan fingerprint density at radius 3 is 3.31 bits per heavy atom. The first-order valence-corrected chi connectivity index (χ1v) is 5.96. The molecule has 3 heterocycles. The standard InChI is InChI=1S/C11H10N2O2S/c14-5-9-3-10-6-15-11(4-13(10)12-9)8-1-2-16-7-8/h1-3,5,7,11H,4,6H2. The number of ether oxygens (including phenoxy) is 1. The first kappa shape index (κ1) is 9.74. The molecule has 0 spiro atoms. The maximum absolute atomic E-state index is 10.6. The molecule has 1 atom stereocenters. The highest BCUT2D eigenvalue weighted by atomic mass is 32.1. The second-order valence-electron chi connectivity index (χ2n) is 3.72. The largest absolute Gasteiger partial charge is 0.365 e. The molecule has 0 aromatic carbocycles. The van der Waals surface area contributed by atoms with Crippen molar-refractivity contribution in [2.75, 3.05) is 0 Å². The van der Waals surface area contributed by atoms with E-state index >= 15 is 0 Å². The van der Waals surface area contributed by atoms with Crippen LogP contribution in [0.15, 0.2) is 22.9 Å². The Morgan fingerprint density at radius 1 is 1.62 bits per heavy atom. The van der Waals surface area contributed by atoms with Gasteiger partial charge in [-0.2, -0.15) is 16.4 Å². The maximum atomic E-state index is 10.6. The van der Waals surface area contributed by atoms with Gasteiger partial charge in [0.25, 0.3) is 0 Å². The minimum Gasteiger partial charge on any atom is -0.365 e. The van der Waals surface area contributed by atoms with Crippen LogP contribution in [-0.4, -0.2) is 16.1 Å².